The van der Waals surface area contributed by atoms with Gasteiger partial charge in [0.15, 0.2) is 6.29 Å². The molecule has 15 unspecified atom stereocenters. The van der Waals surface area contributed by atoms with Crippen molar-refractivity contribution in [2.45, 2.75) is 160 Å². The molecule has 2 aliphatic heterocycles. The first-order valence-electron chi connectivity index (χ1n) is 17.3. The molecule has 2 spiro atoms. The van der Waals surface area contributed by atoms with Crippen LogP contribution in [0.15, 0.2) is 0 Å². The molecule has 6 rings (SSSR count). The van der Waals surface area contributed by atoms with Crippen molar-refractivity contribution in [3.05, 3.63) is 0 Å². The van der Waals surface area contributed by atoms with Crippen molar-refractivity contribution in [3.8, 4) is 0 Å². The van der Waals surface area contributed by atoms with Crippen LogP contribution in [-0.2, 0) is 42.8 Å². The molecule has 0 bridgehead atoms. The van der Waals surface area contributed by atoms with E-state index in [-0.39, 0.29) is 59.2 Å². The zero-order valence-corrected chi connectivity index (χ0v) is 28.3. The first-order chi connectivity index (χ1) is 21.2. The minimum absolute atomic E-state index is 0.0393. The van der Waals surface area contributed by atoms with Gasteiger partial charge in [0.05, 0.1) is 24.2 Å². The number of carbonyl (C=O) groups is 3. The summed E-state index contributed by atoms with van der Waals surface area (Å²) in [6, 6.07) is 0. The van der Waals surface area contributed by atoms with Gasteiger partial charge in [-0.3, -0.25) is 14.4 Å². The topological polar surface area (TPSA) is 130 Å². The summed E-state index contributed by atoms with van der Waals surface area (Å²) in [5, 5.41) is 10.6. The predicted molar refractivity (Wildman–Crippen MR) is 162 cm³/mol. The van der Waals surface area contributed by atoms with Crippen LogP contribution in [0.25, 0.3) is 0 Å². The fourth-order valence-electron chi connectivity index (χ4n) is 11.1. The number of esters is 2. The molecule has 4 aliphatic carbocycles. The van der Waals surface area contributed by atoms with E-state index in [1.807, 2.05) is 27.7 Å². The average molecular weight is 635 g/mol. The number of fused-ring (bicyclic) bond motifs is 2. The Hall–Kier alpha value is -1.59. The minimum Gasteiger partial charge on any atom is -0.458 e. The lowest BCUT2D eigenvalue weighted by molar-refractivity contribution is -0.274. The van der Waals surface area contributed by atoms with Crippen molar-refractivity contribution < 1.29 is 47.9 Å². The minimum atomic E-state index is -0.805. The van der Waals surface area contributed by atoms with Gasteiger partial charge in [-0.15, -0.1) is 0 Å². The SMILES string of the molecule is CCC(C)C(=O)OC1C2C3(C)CCC(OC4CC(O)C(OC)C(C)O4)CC3CCC23OC32CCC(C(C)=O)C2(C)C1OC(C)=O. The third kappa shape index (κ3) is 4.78. The number of ketones is 1. The molecule has 0 aromatic rings. The number of hydrogen-bond donors (Lipinski definition) is 1. The molecule has 0 radical (unpaired) electrons. The Morgan fingerprint density at radius 1 is 1.00 bits per heavy atom. The van der Waals surface area contributed by atoms with Gasteiger partial charge in [-0.25, -0.2) is 0 Å². The van der Waals surface area contributed by atoms with Crippen molar-refractivity contribution in [1.82, 2.24) is 0 Å². The molecule has 2 heterocycles. The molecule has 15 atom stereocenters. The van der Waals surface area contributed by atoms with Gasteiger partial charge >= 0.3 is 11.9 Å². The summed E-state index contributed by atoms with van der Waals surface area (Å²) in [4.78, 5) is 39.5. The highest BCUT2D eigenvalue weighted by Gasteiger charge is 2.91. The van der Waals surface area contributed by atoms with Crippen LogP contribution in [-0.4, -0.2) is 84.1 Å². The van der Waals surface area contributed by atoms with Crippen LogP contribution in [0.2, 0.25) is 0 Å². The van der Waals surface area contributed by atoms with Crippen LogP contribution in [0, 0.1) is 34.5 Å². The summed E-state index contributed by atoms with van der Waals surface area (Å²) < 4.78 is 37.8. The van der Waals surface area contributed by atoms with Crippen molar-refractivity contribution in [2.75, 3.05) is 7.11 Å². The highest BCUT2D eigenvalue weighted by Crippen LogP contribution is 2.81. The van der Waals surface area contributed by atoms with Crippen molar-refractivity contribution in [3.63, 3.8) is 0 Å². The molecule has 4 saturated carbocycles. The van der Waals surface area contributed by atoms with Gasteiger partial charge in [-0.05, 0) is 76.5 Å². The maximum atomic E-state index is 13.6. The van der Waals surface area contributed by atoms with Crippen LogP contribution in [0.4, 0.5) is 0 Å². The van der Waals surface area contributed by atoms with Crippen LogP contribution in [0.5, 0.6) is 0 Å². The molecule has 10 heteroatoms. The highest BCUT2D eigenvalue weighted by molar-refractivity contribution is 5.81. The summed E-state index contributed by atoms with van der Waals surface area (Å²) in [5.74, 6) is -1.30. The molecule has 6 aliphatic rings. The third-order valence-electron chi connectivity index (χ3n) is 13.5. The van der Waals surface area contributed by atoms with Crippen molar-refractivity contribution >= 4 is 17.7 Å². The largest absolute Gasteiger partial charge is 0.458 e. The number of hydrogen-bond acceptors (Lipinski definition) is 10. The number of aliphatic hydroxyl groups excluding tert-OH is 1. The summed E-state index contributed by atoms with van der Waals surface area (Å²) >= 11 is 0. The maximum absolute atomic E-state index is 13.6. The zero-order valence-electron chi connectivity index (χ0n) is 28.3. The molecular formula is C35H54O10. The first kappa shape index (κ1) is 33.3. The maximum Gasteiger partial charge on any atom is 0.309 e. The second-order valence-electron chi connectivity index (χ2n) is 15.6. The highest BCUT2D eigenvalue weighted by atomic mass is 16.7. The molecule has 10 nitrogen and oxygen atoms in total. The van der Waals surface area contributed by atoms with E-state index in [4.69, 9.17) is 28.4 Å². The lowest BCUT2D eigenvalue weighted by Crippen LogP contribution is -2.70. The van der Waals surface area contributed by atoms with E-state index in [1.165, 1.54) is 6.92 Å². The molecule has 2 saturated heterocycles. The second-order valence-corrected chi connectivity index (χ2v) is 15.6. The van der Waals surface area contributed by atoms with Gasteiger partial charge in [0.2, 0.25) is 0 Å². The van der Waals surface area contributed by atoms with Gasteiger partial charge in [-0.1, -0.05) is 27.7 Å². The number of epoxide rings is 1. The Kier molecular flexibility index (Phi) is 8.54. The molecule has 0 amide bonds. The van der Waals surface area contributed by atoms with E-state index in [0.717, 1.165) is 38.5 Å². The number of carbonyl (C=O) groups excluding carboxylic acids is 3. The Morgan fingerprint density at radius 3 is 2.36 bits per heavy atom. The lowest BCUT2D eigenvalue weighted by atomic mass is 9.43. The molecule has 45 heavy (non-hydrogen) atoms. The van der Waals surface area contributed by atoms with Gasteiger partial charge in [0.1, 0.15) is 35.3 Å². The molecule has 0 aromatic carbocycles. The lowest BCUT2D eigenvalue weighted by Gasteiger charge is -2.61. The summed E-state index contributed by atoms with van der Waals surface area (Å²) in [6.07, 6.45) is 3.12. The molecule has 1 N–H and O–H groups in total. The average Bonchev–Trinajstić information content (AvgIpc) is 3.52. The summed E-state index contributed by atoms with van der Waals surface area (Å²) in [7, 11) is 1.58. The number of aliphatic hydroxyl groups is 1. The summed E-state index contributed by atoms with van der Waals surface area (Å²) in [5.41, 5.74) is -2.25. The normalized spacial score (nSPS) is 50.7. The second kappa shape index (κ2) is 11.5. The van der Waals surface area contributed by atoms with Crippen molar-refractivity contribution in [1.29, 1.82) is 0 Å². The van der Waals surface area contributed by atoms with Crippen molar-refractivity contribution in [2.24, 2.45) is 34.5 Å². The van der Waals surface area contributed by atoms with E-state index in [1.54, 1.807) is 14.0 Å². The Labute approximate surface area is 267 Å². The fourth-order valence-corrected chi connectivity index (χ4v) is 11.1. The van der Waals surface area contributed by atoms with Crippen LogP contribution in [0.3, 0.4) is 0 Å². The third-order valence-corrected chi connectivity index (χ3v) is 13.5. The standard InChI is InChI=1S/C35H54O10/c1-9-18(2)31(39)44-28-29-32(6)13-11-23(43-26-17-25(38)27(40-8)20(4)41-26)16-22(32)10-14-34(29)35(45-34)15-12-24(19(3)36)33(35,7)30(28)42-21(5)37/h18,20,22-30,38H,9-17H2,1-8H3. The van der Waals surface area contributed by atoms with Crippen LogP contribution < -0.4 is 0 Å². The van der Waals surface area contributed by atoms with E-state index < -0.39 is 47.2 Å². The Bertz CT molecular complexity index is 1180. The van der Waals surface area contributed by atoms with E-state index in [9.17, 15) is 19.5 Å². The number of rotatable bonds is 8. The Balaban J connectivity index is 1.33. The van der Waals surface area contributed by atoms with Crippen LogP contribution in [0.1, 0.15) is 106 Å². The number of ether oxygens (including phenoxy) is 6. The monoisotopic (exact) mass is 634 g/mol. The van der Waals surface area contributed by atoms with Gasteiger partial charge in [0, 0.05) is 37.7 Å². The molecule has 0 aromatic heterocycles. The molecule has 6 fully saturated rings. The Morgan fingerprint density at radius 2 is 1.73 bits per heavy atom. The van der Waals surface area contributed by atoms with E-state index in [0.29, 0.717) is 19.3 Å². The first-order valence-corrected chi connectivity index (χ1v) is 17.3. The zero-order chi connectivity index (χ0) is 32.7. The quantitative estimate of drug-likeness (QED) is 0.231. The van der Waals surface area contributed by atoms with Gasteiger partial charge < -0.3 is 33.5 Å². The fraction of sp³-hybridized carbons (Fsp3) is 0.914. The predicted octanol–water partition coefficient (Wildman–Crippen LogP) is 4.52. The molecular weight excluding hydrogens is 580 g/mol. The van der Waals surface area contributed by atoms with E-state index in [2.05, 4.69) is 6.92 Å². The summed E-state index contributed by atoms with van der Waals surface area (Å²) in [6.45, 7) is 13.1. The number of methoxy groups -OCH3 is 1. The van der Waals surface area contributed by atoms with Gasteiger partial charge in [-0.2, -0.15) is 0 Å². The number of Topliss-reactive ketones (excluding diaryl/α,β-unsaturated/α-hetero) is 1. The van der Waals surface area contributed by atoms with Crippen LogP contribution >= 0.6 is 0 Å². The van der Waals surface area contributed by atoms with E-state index >= 15 is 0 Å². The molecule has 254 valence electrons. The smallest absolute Gasteiger partial charge is 0.309 e. The van der Waals surface area contributed by atoms with Gasteiger partial charge in [0.25, 0.3) is 0 Å².